The van der Waals surface area contributed by atoms with Gasteiger partial charge >= 0.3 is 0 Å². The summed E-state index contributed by atoms with van der Waals surface area (Å²) in [5.41, 5.74) is 4.10. The van der Waals surface area contributed by atoms with E-state index in [9.17, 15) is 8.42 Å². The van der Waals surface area contributed by atoms with Crippen molar-refractivity contribution in [3.63, 3.8) is 0 Å². The molecule has 0 atom stereocenters. The molecule has 0 bridgehead atoms. The second-order valence-electron chi connectivity index (χ2n) is 4.99. The Morgan fingerprint density at radius 2 is 1.86 bits per heavy atom. The molecule has 1 aromatic heterocycles. The molecule has 3 rings (SSSR count). The minimum atomic E-state index is -3.59. The Balaban J connectivity index is 1.96. The Morgan fingerprint density at radius 1 is 1.05 bits per heavy atom. The number of anilines is 1. The number of nitrogens with zero attached hydrogens (tertiary/aromatic N) is 1. The van der Waals surface area contributed by atoms with Gasteiger partial charge in [0.25, 0.3) is 10.0 Å². The van der Waals surface area contributed by atoms with Gasteiger partial charge in [-0.05, 0) is 55.3 Å². The molecule has 0 unspecified atom stereocenters. The fourth-order valence-corrected chi connectivity index (χ4v) is 3.23. The van der Waals surface area contributed by atoms with E-state index in [-0.39, 0.29) is 4.90 Å². The van der Waals surface area contributed by atoms with Crippen molar-refractivity contribution in [3.8, 4) is 0 Å². The van der Waals surface area contributed by atoms with Gasteiger partial charge in [0.2, 0.25) is 0 Å². The number of aromatic amines is 1. The molecule has 0 aliphatic heterocycles. The summed E-state index contributed by atoms with van der Waals surface area (Å²) in [5.74, 6) is 0. The summed E-state index contributed by atoms with van der Waals surface area (Å²) < 4.78 is 27.4. The second-order valence-corrected chi connectivity index (χ2v) is 6.67. The zero-order valence-corrected chi connectivity index (χ0v) is 12.5. The van der Waals surface area contributed by atoms with Gasteiger partial charge in [-0.3, -0.25) is 4.72 Å². The Labute approximate surface area is 123 Å². The van der Waals surface area contributed by atoms with Crippen LogP contribution in [0.5, 0.6) is 0 Å². The smallest absolute Gasteiger partial charge is 0.261 e. The first-order valence-corrected chi connectivity index (χ1v) is 7.97. The van der Waals surface area contributed by atoms with Crippen LogP contribution in [0.15, 0.2) is 47.6 Å². The number of nitrogens with one attached hydrogen (secondary N) is 2. The van der Waals surface area contributed by atoms with E-state index in [1.807, 2.05) is 19.9 Å². The van der Waals surface area contributed by atoms with Gasteiger partial charge < -0.3 is 4.98 Å². The number of H-pyrrole nitrogens is 1. The number of hydrogen-bond acceptors (Lipinski definition) is 3. The Morgan fingerprint density at radius 3 is 2.62 bits per heavy atom. The van der Waals surface area contributed by atoms with Crippen molar-refractivity contribution in [2.45, 2.75) is 18.7 Å². The van der Waals surface area contributed by atoms with Crippen LogP contribution < -0.4 is 4.72 Å². The number of imidazole rings is 1. The van der Waals surface area contributed by atoms with Crippen molar-refractivity contribution in [1.29, 1.82) is 0 Å². The summed E-state index contributed by atoms with van der Waals surface area (Å²) in [6, 6.07) is 10.3. The third-order valence-corrected chi connectivity index (χ3v) is 4.84. The van der Waals surface area contributed by atoms with Crippen molar-refractivity contribution in [3.05, 3.63) is 53.9 Å². The Hall–Kier alpha value is -2.34. The second kappa shape index (κ2) is 4.89. The van der Waals surface area contributed by atoms with Crippen molar-refractivity contribution in [2.75, 3.05) is 4.72 Å². The average molecular weight is 301 g/mol. The number of benzene rings is 2. The standard InChI is InChI=1S/C15H15N3O2S/c1-10-3-5-13(7-11(10)2)21(19,20)18-12-4-6-14-15(8-12)17-9-16-14/h3-9,18H,1-2H3,(H,16,17). The van der Waals surface area contributed by atoms with E-state index in [2.05, 4.69) is 14.7 Å². The zero-order chi connectivity index (χ0) is 15.0. The van der Waals surface area contributed by atoms with E-state index in [4.69, 9.17) is 0 Å². The fourth-order valence-electron chi connectivity index (χ4n) is 2.09. The van der Waals surface area contributed by atoms with Gasteiger partial charge in [-0.25, -0.2) is 13.4 Å². The van der Waals surface area contributed by atoms with Gasteiger partial charge in [0, 0.05) is 0 Å². The highest BCUT2D eigenvalue weighted by molar-refractivity contribution is 7.92. The maximum atomic E-state index is 12.4. The number of aromatic nitrogens is 2. The van der Waals surface area contributed by atoms with Crippen LogP contribution in [-0.2, 0) is 10.0 Å². The lowest BCUT2D eigenvalue weighted by Gasteiger charge is -2.09. The molecular formula is C15H15N3O2S. The van der Waals surface area contributed by atoms with Gasteiger partial charge in [0.05, 0.1) is 27.9 Å². The molecule has 0 spiro atoms. The number of hydrogen-bond donors (Lipinski definition) is 2. The number of rotatable bonds is 3. The molecule has 2 aromatic carbocycles. The van der Waals surface area contributed by atoms with Crippen LogP contribution >= 0.6 is 0 Å². The highest BCUT2D eigenvalue weighted by Gasteiger charge is 2.15. The normalized spacial score (nSPS) is 11.7. The number of fused-ring (bicyclic) bond motifs is 1. The molecule has 0 aliphatic rings. The first kappa shape index (κ1) is 13.6. The summed E-state index contributed by atoms with van der Waals surface area (Å²) in [4.78, 5) is 7.32. The monoisotopic (exact) mass is 301 g/mol. The summed E-state index contributed by atoms with van der Waals surface area (Å²) in [6.07, 6.45) is 1.58. The molecule has 21 heavy (non-hydrogen) atoms. The summed E-state index contributed by atoms with van der Waals surface area (Å²) in [5, 5.41) is 0. The van der Waals surface area contributed by atoms with Crippen molar-refractivity contribution in [2.24, 2.45) is 0 Å². The van der Waals surface area contributed by atoms with Crippen LogP contribution in [0.25, 0.3) is 11.0 Å². The quantitative estimate of drug-likeness (QED) is 0.781. The average Bonchev–Trinajstić information content (AvgIpc) is 2.88. The third-order valence-electron chi connectivity index (χ3n) is 3.46. The van der Waals surface area contributed by atoms with Crippen LogP contribution in [0.2, 0.25) is 0 Å². The molecule has 0 fully saturated rings. The largest absolute Gasteiger partial charge is 0.345 e. The van der Waals surface area contributed by atoms with Gasteiger partial charge in [0.15, 0.2) is 0 Å². The van der Waals surface area contributed by atoms with Gasteiger partial charge in [-0.15, -0.1) is 0 Å². The van der Waals surface area contributed by atoms with Gasteiger partial charge in [-0.2, -0.15) is 0 Å². The molecule has 6 heteroatoms. The minimum absolute atomic E-state index is 0.260. The first-order chi connectivity index (χ1) is 9.95. The van der Waals surface area contributed by atoms with Crippen LogP contribution in [0, 0.1) is 13.8 Å². The Bertz CT molecular complexity index is 914. The van der Waals surface area contributed by atoms with E-state index in [0.29, 0.717) is 5.69 Å². The molecule has 0 amide bonds. The topological polar surface area (TPSA) is 74.8 Å². The highest BCUT2D eigenvalue weighted by atomic mass is 32.2. The van der Waals surface area contributed by atoms with Gasteiger partial charge in [-0.1, -0.05) is 6.07 Å². The van der Waals surface area contributed by atoms with Crippen LogP contribution in [-0.4, -0.2) is 18.4 Å². The summed E-state index contributed by atoms with van der Waals surface area (Å²) >= 11 is 0. The van der Waals surface area contributed by atoms with Crippen molar-refractivity contribution < 1.29 is 8.42 Å². The van der Waals surface area contributed by atoms with E-state index < -0.39 is 10.0 Å². The van der Waals surface area contributed by atoms with Crippen LogP contribution in [0.4, 0.5) is 5.69 Å². The first-order valence-electron chi connectivity index (χ1n) is 6.49. The van der Waals surface area contributed by atoms with Crippen LogP contribution in [0.1, 0.15) is 11.1 Å². The fraction of sp³-hybridized carbons (Fsp3) is 0.133. The number of aryl methyl sites for hydroxylation is 2. The Kier molecular flexibility index (Phi) is 3.17. The molecule has 1 heterocycles. The summed E-state index contributed by atoms with van der Waals surface area (Å²) in [6.45, 7) is 3.84. The molecule has 5 nitrogen and oxygen atoms in total. The molecule has 108 valence electrons. The van der Waals surface area contributed by atoms with E-state index in [1.165, 1.54) is 0 Å². The zero-order valence-electron chi connectivity index (χ0n) is 11.7. The third kappa shape index (κ3) is 2.62. The lowest BCUT2D eigenvalue weighted by Crippen LogP contribution is -2.13. The maximum absolute atomic E-state index is 12.4. The minimum Gasteiger partial charge on any atom is -0.345 e. The molecular weight excluding hydrogens is 286 g/mol. The lowest BCUT2D eigenvalue weighted by atomic mass is 10.1. The molecule has 2 N–H and O–H groups in total. The van der Waals surface area contributed by atoms with E-state index in [0.717, 1.165) is 22.2 Å². The SMILES string of the molecule is Cc1ccc(S(=O)(=O)Nc2ccc3nc[nH]c3c2)cc1C. The molecule has 0 aliphatic carbocycles. The highest BCUT2D eigenvalue weighted by Crippen LogP contribution is 2.21. The van der Waals surface area contributed by atoms with Crippen molar-refractivity contribution in [1.82, 2.24) is 9.97 Å². The van der Waals surface area contributed by atoms with Gasteiger partial charge in [0.1, 0.15) is 0 Å². The predicted octanol–water partition coefficient (Wildman–Crippen LogP) is 2.98. The number of sulfonamides is 1. The van der Waals surface area contributed by atoms with E-state index in [1.54, 1.807) is 36.7 Å². The molecule has 0 radical (unpaired) electrons. The molecule has 0 saturated carbocycles. The predicted molar refractivity (Wildman–Crippen MR) is 82.8 cm³/mol. The maximum Gasteiger partial charge on any atom is 0.261 e. The van der Waals surface area contributed by atoms with Crippen molar-refractivity contribution >= 4 is 26.7 Å². The molecule has 0 saturated heterocycles. The van der Waals surface area contributed by atoms with E-state index >= 15 is 0 Å². The van der Waals surface area contributed by atoms with Crippen LogP contribution in [0.3, 0.4) is 0 Å². The summed E-state index contributed by atoms with van der Waals surface area (Å²) in [7, 11) is -3.59. The lowest BCUT2D eigenvalue weighted by molar-refractivity contribution is 0.601. The molecule has 3 aromatic rings.